The lowest BCUT2D eigenvalue weighted by molar-refractivity contribution is -0.0686. The minimum Gasteiger partial charge on any atom is -0.394 e. The Balaban J connectivity index is 3.54. The quantitative estimate of drug-likeness (QED) is 0.607. The maximum atomic E-state index is 9.00. The molecule has 0 aromatic rings. The van der Waals surface area contributed by atoms with Crippen molar-refractivity contribution in [2.75, 3.05) is 19.8 Å². The number of aliphatic hydroxyl groups excluding tert-OH is 2. The van der Waals surface area contributed by atoms with E-state index in [4.69, 9.17) is 19.7 Å². The van der Waals surface area contributed by atoms with E-state index < -0.39 is 6.10 Å². The van der Waals surface area contributed by atoms with Crippen molar-refractivity contribution in [1.29, 1.82) is 0 Å². The summed E-state index contributed by atoms with van der Waals surface area (Å²) in [5.74, 6) is 0. The SMILES string of the molecule is CCCC(CO)OCC(C)OCC(C)O. The molecule has 0 heterocycles. The van der Waals surface area contributed by atoms with E-state index in [9.17, 15) is 0 Å². The van der Waals surface area contributed by atoms with Gasteiger partial charge in [-0.05, 0) is 20.3 Å². The molecule has 0 aromatic heterocycles. The second kappa shape index (κ2) is 9.09. The van der Waals surface area contributed by atoms with Crippen LogP contribution in [0.15, 0.2) is 0 Å². The van der Waals surface area contributed by atoms with Crippen LogP contribution in [0, 0.1) is 0 Å². The fourth-order valence-corrected chi connectivity index (χ4v) is 1.17. The van der Waals surface area contributed by atoms with E-state index in [0.717, 1.165) is 12.8 Å². The molecule has 3 atom stereocenters. The number of ether oxygens (including phenoxy) is 2. The molecule has 0 saturated heterocycles. The lowest BCUT2D eigenvalue weighted by Crippen LogP contribution is -2.26. The topological polar surface area (TPSA) is 58.9 Å². The molecule has 0 bridgehead atoms. The van der Waals surface area contributed by atoms with Crippen molar-refractivity contribution in [2.45, 2.75) is 51.9 Å². The Bertz CT molecular complexity index is 139. The molecule has 4 heteroatoms. The molecule has 0 aliphatic carbocycles. The third-order valence-corrected chi connectivity index (χ3v) is 2.00. The van der Waals surface area contributed by atoms with Crippen molar-refractivity contribution < 1.29 is 19.7 Å². The number of rotatable bonds is 9. The summed E-state index contributed by atoms with van der Waals surface area (Å²) in [4.78, 5) is 0. The van der Waals surface area contributed by atoms with Crippen LogP contribution in [0.4, 0.5) is 0 Å². The number of hydrogen-bond acceptors (Lipinski definition) is 4. The zero-order valence-corrected chi connectivity index (χ0v) is 9.98. The van der Waals surface area contributed by atoms with Gasteiger partial charge in [0.1, 0.15) is 0 Å². The highest BCUT2D eigenvalue weighted by Gasteiger charge is 2.10. The highest BCUT2D eigenvalue weighted by atomic mass is 16.5. The van der Waals surface area contributed by atoms with E-state index >= 15 is 0 Å². The van der Waals surface area contributed by atoms with E-state index in [1.165, 1.54) is 0 Å². The van der Waals surface area contributed by atoms with Crippen LogP contribution in [0.2, 0.25) is 0 Å². The standard InChI is InChI=1S/C11H24O4/c1-4-5-11(6-12)15-8-10(3)14-7-9(2)13/h9-13H,4-8H2,1-3H3. The van der Waals surface area contributed by atoms with Crippen LogP contribution in [-0.4, -0.2) is 48.3 Å². The molecule has 2 N–H and O–H groups in total. The molecule has 4 nitrogen and oxygen atoms in total. The first-order valence-electron chi connectivity index (χ1n) is 5.62. The number of aliphatic hydroxyl groups is 2. The molecule has 0 aliphatic heterocycles. The fourth-order valence-electron chi connectivity index (χ4n) is 1.17. The molecule has 15 heavy (non-hydrogen) atoms. The summed E-state index contributed by atoms with van der Waals surface area (Å²) < 4.78 is 10.8. The molecule has 0 aliphatic rings. The van der Waals surface area contributed by atoms with E-state index in [1.54, 1.807) is 6.92 Å². The zero-order chi connectivity index (χ0) is 11.7. The first-order valence-corrected chi connectivity index (χ1v) is 5.62. The van der Waals surface area contributed by atoms with Gasteiger partial charge in [0.25, 0.3) is 0 Å². The maximum absolute atomic E-state index is 9.00. The van der Waals surface area contributed by atoms with E-state index in [-0.39, 0.29) is 18.8 Å². The summed E-state index contributed by atoms with van der Waals surface area (Å²) in [6.45, 7) is 6.46. The van der Waals surface area contributed by atoms with Crippen molar-refractivity contribution in [2.24, 2.45) is 0 Å². The second-order valence-corrected chi connectivity index (χ2v) is 3.92. The van der Waals surface area contributed by atoms with Gasteiger partial charge in [0.2, 0.25) is 0 Å². The average Bonchev–Trinajstić information content (AvgIpc) is 2.21. The van der Waals surface area contributed by atoms with Gasteiger partial charge >= 0.3 is 0 Å². The zero-order valence-electron chi connectivity index (χ0n) is 9.98. The predicted molar refractivity (Wildman–Crippen MR) is 58.8 cm³/mol. The largest absolute Gasteiger partial charge is 0.394 e. The third-order valence-electron chi connectivity index (χ3n) is 2.00. The van der Waals surface area contributed by atoms with Gasteiger partial charge in [-0.2, -0.15) is 0 Å². The van der Waals surface area contributed by atoms with Crippen LogP contribution in [-0.2, 0) is 9.47 Å². The first kappa shape index (κ1) is 14.8. The molecule has 0 fully saturated rings. The Hall–Kier alpha value is -0.160. The van der Waals surface area contributed by atoms with Gasteiger partial charge in [-0.25, -0.2) is 0 Å². The monoisotopic (exact) mass is 220 g/mol. The summed E-state index contributed by atoms with van der Waals surface area (Å²) in [6, 6.07) is 0. The Morgan fingerprint density at radius 1 is 1.13 bits per heavy atom. The van der Waals surface area contributed by atoms with Crippen molar-refractivity contribution >= 4 is 0 Å². The van der Waals surface area contributed by atoms with Crippen molar-refractivity contribution in [3.05, 3.63) is 0 Å². The van der Waals surface area contributed by atoms with Crippen LogP contribution in [0.1, 0.15) is 33.6 Å². The molecule has 0 saturated carbocycles. The Morgan fingerprint density at radius 2 is 1.80 bits per heavy atom. The fraction of sp³-hybridized carbons (Fsp3) is 1.00. The summed E-state index contributed by atoms with van der Waals surface area (Å²) in [5, 5.41) is 18.0. The summed E-state index contributed by atoms with van der Waals surface area (Å²) in [5.41, 5.74) is 0. The molecule has 0 radical (unpaired) electrons. The minimum atomic E-state index is -0.447. The van der Waals surface area contributed by atoms with Crippen LogP contribution in [0.3, 0.4) is 0 Å². The second-order valence-electron chi connectivity index (χ2n) is 3.92. The Kier molecular flexibility index (Phi) is 9.00. The minimum absolute atomic E-state index is 0.0505. The molecular formula is C11H24O4. The van der Waals surface area contributed by atoms with Crippen molar-refractivity contribution in [1.82, 2.24) is 0 Å². The van der Waals surface area contributed by atoms with Gasteiger partial charge in [-0.1, -0.05) is 13.3 Å². The summed E-state index contributed by atoms with van der Waals surface area (Å²) >= 11 is 0. The molecule has 92 valence electrons. The molecule has 3 unspecified atom stereocenters. The Morgan fingerprint density at radius 3 is 2.27 bits per heavy atom. The predicted octanol–water partition coefficient (Wildman–Crippen LogP) is 0.950. The van der Waals surface area contributed by atoms with E-state index in [1.807, 2.05) is 6.92 Å². The van der Waals surface area contributed by atoms with Crippen LogP contribution in [0.5, 0.6) is 0 Å². The number of hydrogen-bond donors (Lipinski definition) is 2. The van der Waals surface area contributed by atoms with Gasteiger partial charge in [0, 0.05) is 0 Å². The molecule has 0 amide bonds. The van der Waals surface area contributed by atoms with Gasteiger partial charge < -0.3 is 19.7 Å². The van der Waals surface area contributed by atoms with E-state index in [2.05, 4.69) is 6.92 Å². The highest BCUT2D eigenvalue weighted by Crippen LogP contribution is 2.03. The normalized spacial score (nSPS) is 17.4. The average molecular weight is 220 g/mol. The summed E-state index contributed by atoms with van der Waals surface area (Å²) in [7, 11) is 0. The molecule has 0 spiro atoms. The third kappa shape index (κ3) is 8.81. The van der Waals surface area contributed by atoms with Gasteiger partial charge in [-0.3, -0.25) is 0 Å². The van der Waals surface area contributed by atoms with Gasteiger partial charge in [0.15, 0.2) is 0 Å². The first-order chi connectivity index (χ1) is 7.10. The lowest BCUT2D eigenvalue weighted by Gasteiger charge is -2.19. The smallest absolute Gasteiger partial charge is 0.0807 e. The Labute approximate surface area is 92.2 Å². The van der Waals surface area contributed by atoms with Crippen LogP contribution in [0.25, 0.3) is 0 Å². The highest BCUT2D eigenvalue weighted by molar-refractivity contribution is 4.57. The van der Waals surface area contributed by atoms with Gasteiger partial charge in [0.05, 0.1) is 38.1 Å². The van der Waals surface area contributed by atoms with Crippen LogP contribution < -0.4 is 0 Å². The van der Waals surface area contributed by atoms with Gasteiger partial charge in [-0.15, -0.1) is 0 Å². The van der Waals surface area contributed by atoms with Crippen molar-refractivity contribution in [3.8, 4) is 0 Å². The lowest BCUT2D eigenvalue weighted by atomic mass is 10.2. The molecule has 0 aromatic carbocycles. The van der Waals surface area contributed by atoms with E-state index in [0.29, 0.717) is 13.2 Å². The molecule has 0 rings (SSSR count). The summed E-state index contributed by atoms with van der Waals surface area (Å²) in [6.07, 6.45) is 1.27. The molecular weight excluding hydrogens is 196 g/mol. The van der Waals surface area contributed by atoms with Crippen LogP contribution >= 0.6 is 0 Å². The maximum Gasteiger partial charge on any atom is 0.0807 e. The van der Waals surface area contributed by atoms with Crippen molar-refractivity contribution in [3.63, 3.8) is 0 Å².